The van der Waals surface area contributed by atoms with E-state index >= 15 is 0 Å². The molecule has 0 N–H and O–H groups in total. The van der Waals surface area contributed by atoms with Gasteiger partial charge in [-0.05, 0) is 19.3 Å². The molecule has 0 aromatic rings. The van der Waals surface area contributed by atoms with E-state index in [1.165, 1.54) is 31.3 Å². The van der Waals surface area contributed by atoms with Crippen LogP contribution < -0.4 is 0 Å². The standard InChI is InChI=1S/C12H20O2/c1-11-6-4-2-3-5-7-12(10-11)13-8-9-14-12/h1-10H2. The summed E-state index contributed by atoms with van der Waals surface area (Å²) in [5.41, 5.74) is 1.30. The fraction of sp³-hybridized carbons (Fsp3) is 0.833. The van der Waals surface area contributed by atoms with E-state index in [0.717, 1.165) is 32.5 Å². The van der Waals surface area contributed by atoms with Crippen LogP contribution in [0.1, 0.15) is 44.9 Å². The molecule has 80 valence electrons. The maximum absolute atomic E-state index is 5.76. The van der Waals surface area contributed by atoms with Crippen molar-refractivity contribution in [2.45, 2.75) is 50.7 Å². The predicted octanol–water partition coefficient (Wildman–Crippen LogP) is 3.03. The van der Waals surface area contributed by atoms with Crippen LogP contribution in [0.5, 0.6) is 0 Å². The fourth-order valence-electron chi connectivity index (χ4n) is 2.42. The third kappa shape index (κ3) is 2.37. The molecule has 2 fully saturated rings. The molecule has 2 aliphatic rings. The Morgan fingerprint density at radius 1 is 1.00 bits per heavy atom. The summed E-state index contributed by atoms with van der Waals surface area (Å²) < 4.78 is 11.5. The Morgan fingerprint density at radius 3 is 2.50 bits per heavy atom. The van der Waals surface area contributed by atoms with Gasteiger partial charge in [0.25, 0.3) is 0 Å². The van der Waals surface area contributed by atoms with E-state index < -0.39 is 0 Å². The summed E-state index contributed by atoms with van der Waals surface area (Å²) in [6.45, 7) is 5.63. The maximum Gasteiger partial charge on any atom is 0.172 e. The van der Waals surface area contributed by atoms with Crippen LogP contribution in [-0.2, 0) is 9.47 Å². The molecular weight excluding hydrogens is 176 g/mol. The Kier molecular flexibility index (Phi) is 3.24. The van der Waals surface area contributed by atoms with Gasteiger partial charge in [0.05, 0.1) is 13.2 Å². The lowest BCUT2D eigenvalue weighted by atomic mass is 10.0. The van der Waals surface area contributed by atoms with Crippen molar-refractivity contribution in [2.75, 3.05) is 13.2 Å². The zero-order chi connectivity index (χ0) is 9.86. The first-order valence-electron chi connectivity index (χ1n) is 5.75. The maximum atomic E-state index is 5.76. The van der Waals surface area contributed by atoms with Crippen LogP contribution in [-0.4, -0.2) is 19.0 Å². The molecule has 1 spiro atoms. The van der Waals surface area contributed by atoms with Crippen molar-refractivity contribution in [1.29, 1.82) is 0 Å². The van der Waals surface area contributed by atoms with Crippen molar-refractivity contribution in [3.05, 3.63) is 12.2 Å². The molecule has 0 aromatic heterocycles. The van der Waals surface area contributed by atoms with E-state index in [9.17, 15) is 0 Å². The molecule has 14 heavy (non-hydrogen) atoms. The SMILES string of the molecule is C=C1CCCCCCC2(C1)OCCO2. The molecule has 1 saturated heterocycles. The van der Waals surface area contributed by atoms with Crippen molar-refractivity contribution >= 4 is 0 Å². The Hall–Kier alpha value is -0.340. The Morgan fingerprint density at radius 2 is 1.71 bits per heavy atom. The van der Waals surface area contributed by atoms with Gasteiger partial charge in [-0.15, -0.1) is 0 Å². The molecule has 2 heteroatoms. The fourth-order valence-corrected chi connectivity index (χ4v) is 2.42. The zero-order valence-corrected chi connectivity index (χ0v) is 8.89. The van der Waals surface area contributed by atoms with Crippen LogP contribution in [0.25, 0.3) is 0 Å². The number of hydrogen-bond donors (Lipinski definition) is 0. The minimum absolute atomic E-state index is 0.290. The van der Waals surface area contributed by atoms with Crippen molar-refractivity contribution in [1.82, 2.24) is 0 Å². The van der Waals surface area contributed by atoms with Gasteiger partial charge in [0, 0.05) is 12.8 Å². The highest BCUT2D eigenvalue weighted by Crippen LogP contribution is 2.34. The molecule has 1 heterocycles. The van der Waals surface area contributed by atoms with Crippen molar-refractivity contribution < 1.29 is 9.47 Å². The van der Waals surface area contributed by atoms with E-state index in [1.807, 2.05) is 0 Å². The van der Waals surface area contributed by atoms with Gasteiger partial charge >= 0.3 is 0 Å². The Bertz CT molecular complexity index is 204. The van der Waals surface area contributed by atoms with Gasteiger partial charge in [0.2, 0.25) is 0 Å². The van der Waals surface area contributed by atoms with Crippen LogP contribution in [0.2, 0.25) is 0 Å². The highest BCUT2D eigenvalue weighted by atomic mass is 16.7. The van der Waals surface area contributed by atoms with E-state index in [0.29, 0.717) is 0 Å². The molecule has 2 nitrogen and oxygen atoms in total. The lowest BCUT2D eigenvalue weighted by Gasteiger charge is -2.27. The second kappa shape index (κ2) is 4.45. The van der Waals surface area contributed by atoms with Crippen molar-refractivity contribution in [3.8, 4) is 0 Å². The molecule has 1 aliphatic heterocycles. The lowest BCUT2D eigenvalue weighted by molar-refractivity contribution is -0.161. The van der Waals surface area contributed by atoms with Gasteiger partial charge in [-0.3, -0.25) is 0 Å². The number of rotatable bonds is 0. The molecule has 1 aliphatic carbocycles. The molecule has 0 amide bonds. The summed E-state index contributed by atoms with van der Waals surface area (Å²) in [5, 5.41) is 0. The summed E-state index contributed by atoms with van der Waals surface area (Å²) in [4.78, 5) is 0. The number of ether oxygens (including phenoxy) is 2. The molecule has 2 rings (SSSR count). The van der Waals surface area contributed by atoms with Gasteiger partial charge in [0.15, 0.2) is 5.79 Å². The first-order chi connectivity index (χ1) is 6.81. The minimum atomic E-state index is -0.290. The smallest absolute Gasteiger partial charge is 0.172 e. The molecule has 0 aromatic carbocycles. The van der Waals surface area contributed by atoms with Crippen LogP contribution in [0.15, 0.2) is 12.2 Å². The van der Waals surface area contributed by atoms with Crippen LogP contribution >= 0.6 is 0 Å². The Balaban J connectivity index is 2.01. The summed E-state index contributed by atoms with van der Waals surface area (Å²) in [6, 6.07) is 0. The third-order valence-corrected chi connectivity index (χ3v) is 3.17. The minimum Gasteiger partial charge on any atom is -0.347 e. The number of hydrogen-bond acceptors (Lipinski definition) is 2. The summed E-state index contributed by atoms with van der Waals surface area (Å²) in [5.74, 6) is -0.290. The predicted molar refractivity (Wildman–Crippen MR) is 56.1 cm³/mol. The van der Waals surface area contributed by atoms with E-state index in [-0.39, 0.29) is 5.79 Å². The van der Waals surface area contributed by atoms with Gasteiger partial charge in [-0.25, -0.2) is 0 Å². The highest BCUT2D eigenvalue weighted by molar-refractivity contribution is 5.00. The molecule has 1 saturated carbocycles. The lowest BCUT2D eigenvalue weighted by Crippen LogP contribution is -2.30. The second-order valence-corrected chi connectivity index (χ2v) is 4.45. The van der Waals surface area contributed by atoms with Crippen LogP contribution in [0.4, 0.5) is 0 Å². The molecule has 0 atom stereocenters. The molecular formula is C12H20O2. The van der Waals surface area contributed by atoms with Gasteiger partial charge in [-0.2, -0.15) is 0 Å². The van der Waals surface area contributed by atoms with Gasteiger partial charge in [-0.1, -0.05) is 25.0 Å². The van der Waals surface area contributed by atoms with Gasteiger partial charge in [0.1, 0.15) is 0 Å². The molecule has 0 bridgehead atoms. The quantitative estimate of drug-likeness (QED) is 0.554. The average molecular weight is 196 g/mol. The summed E-state index contributed by atoms with van der Waals surface area (Å²) in [6.07, 6.45) is 8.26. The highest BCUT2D eigenvalue weighted by Gasteiger charge is 2.36. The average Bonchev–Trinajstić information content (AvgIpc) is 2.62. The first kappa shape index (κ1) is 10.2. The molecule has 0 radical (unpaired) electrons. The van der Waals surface area contributed by atoms with Crippen LogP contribution in [0.3, 0.4) is 0 Å². The summed E-state index contributed by atoms with van der Waals surface area (Å²) >= 11 is 0. The normalized spacial score (nSPS) is 28.4. The van der Waals surface area contributed by atoms with Crippen molar-refractivity contribution in [3.63, 3.8) is 0 Å². The van der Waals surface area contributed by atoms with E-state index in [2.05, 4.69) is 6.58 Å². The third-order valence-electron chi connectivity index (χ3n) is 3.17. The first-order valence-corrected chi connectivity index (χ1v) is 5.75. The summed E-state index contributed by atoms with van der Waals surface area (Å²) in [7, 11) is 0. The van der Waals surface area contributed by atoms with E-state index in [1.54, 1.807) is 0 Å². The molecule has 0 unspecified atom stereocenters. The van der Waals surface area contributed by atoms with Crippen molar-refractivity contribution in [2.24, 2.45) is 0 Å². The largest absolute Gasteiger partial charge is 0.347 e. The Labute approximate surface area is 86.3 Å². The monoisotopic (exact) mass is 196 g/mol. The zero-order valence-electron chi connectivity index (χ0n) is 8.89. The van der Waals surface area contributed by atoms with E-state index in [4.69, 9.17) is 9.47 Å². The van der Waals surface area contributed by atoms with Gasteiger partial charge < -0.3 is 9.47 Å². The topological polar surface area (TPSA) is 18.5 Å². The second-order valence-electron chi connectivity index (χ2n) is 4.45. The van der Waals surface area contributed by atoms with Crippen LogP contribution in [0, 0.1) is 0 Å².